The van der Waals surface area contributed by atoms with E-state index in [0.717, 1.165) is 82.9 Å². The lowest BCUT2D eigenvalue weighted by atomic mass is 9.80. The summed E-state index contributed by atoms with van der Waals surface area (Å²) < 4.78 is 3.55. The predicted octanol–water partition coefficient (Wildman–Crippen LogP) is 14.4. The van der Waals surface area contributed by atoms with Gasteiger partial charge in [-0.15, -0.1) is 0 Å². The van der Waals surface area contributed by atoms with E-state index in [1.165, 1.54) is 103 Å². The van der Waals surface area contributed by atoms with Crippen LogP contribution in [-0.2, 0) is 0 Å². The maximum absolute atomic E-state index is 15.1. The van der Waals surface area contributed by atoms with Crippen LogP contribution in [0.2, 0.25) is 0 Å². The molecular formula is C45H70Br2N2O2. The van der Waals surface area contributed by atoms with E-state index in [4.69, 9.17) is 0 Å². The smallest absolute Gasteiger partial charge is 0.264 e. The molecule has 0 spiro atoms. The molecule has 2 atom stereocenters. The third-order valence-corrected chi connectivity index (χ3v) is 12.1. The lowest BCUT2D eigenvalue weighted by Crippen LogP contribution is -2.40. The maximum atomic E-state index is 15.1. The van der Waals surface area contributed by atoms with Gasteiger partial charge >= 0.3 is 0 Å². The van der Waals surface area contributed by atoms with Gasteiger partial charge in [0.25, 0.3) is 5.56 Å². The number of pyridine rings is 1. The van der Waals surface area contributed by atoms with Crippen LogP contribution in [0.5, 0.6) is 0 Å². The number of hydrogen-bond donors (Lipinski definition) is 1. The minimum absolute atomic E-state index is 0.0193. The highest BCUT2D eigenvalue weighted by Gasteiger charge is 2.29. The highest BCUT2D eigenvalue weighted by molar-refractivity contribution is 9.10. The highest BCUT2D eigenvalue weighted by atomic mass is 79.9. The van der Waals surface area contributed by atoms with Crippen LogP contribution in [0.15, 0.2) is 38.3 Å². The molecule has 4 nitrogen and oxygen atoms in total. The zero-order valence-electron chi connectivity index (χ0n) is 33.0. The van der Waals surface area contributed by atoms with Crippen molar-refractivity contribution in [3.8, 4) is 0 Å². The average molecular weight is 831 g/mol. The largest absolute Gasteiger partial charge is 0.350 e. The second kappa shape index (κ2) is 24.6. The lowest BCUT2D eigenvalue weighted by molar-refractivity contribution is 0.101. The summed E-state index contributed by atoms with van der Waals surface area (Å²) in [7, 11) is 0. The quantitative estimate of drug-likeness (QED) is 0.0585. The number of ketones is 1. The van der Waals surface area contributed by atoms with Crippen LogP contribution in [-0.4, -0.2) is 15.2 Å². The molecule has 0 bridgehead atoms. The van der Waals surface area contributed by atoms with E-state index in [1.54, 1.807) is 6.92 Å². The van der Waals surface area contributed by atoms with Gasteiger partial charge in [0.05, 0.1) is 19.9 Å². The van der Waals surface area contributed by atoms with E-state index < -0.39 is 0 Å². The number of carbonyl (C=O) groups excluding carboxylic acids is 1. The van der Waals surface area contributed by atoms with Crippen LogP contribution in [0.1, 0.15) is 216 Å². The molecule has 1 N–H and O–H groups in total. The van der Waals surface area contributed by atoms with Crippen molar-refractivity contribution in [2.45, 2.75) is 195 Å². The van der Waals surface area contributed by atoms with Crippen molar-refractivity contribution in [1.29, 1.82) is 0 Å². The number of nitrogens with zero attached hydrogens (tertiary/aromatic N) is 1. The van der Waals surface area contributed by atoms with Gasteiger partial charge in [-0.3, -0.25) is 14.0 Å². The van der Waals surface area contributed by atoms with Gasteiger partial charge in [-0.1, -0.05) is 156 Å². The van der Waals surface area contributed by atoms with E-state index in [1.807, 2.05) is 16.5 Å². The van der Waals surface area contributed by atoms with Crippen molar-refractivity contribution in [1.82, 2.24) is 9.38 Å². The predicted molar refractivity (Wildman–Crippen MR) is 227 cm³/mol. The Morgan fingerprint density at radius 1 is 0.647 bits per heavy atom. The summed E-state index contributed by atoms with van der Waals surface area (Å²) >= 11 is 7.49. The monoisotopic (exact) mass is 828 g/mol. The van der Waals surface area contributed by atoms with E-state index in [-0.39, 0.29) is 23.2 Å². The van der Waals surface area contributed by atoms with Gasteiger partial charge in [0, 0.05) is 11.3 Å². The Morgan fingerprint density at radius 2 is 1.12 bits per heavy atom. The van der Waals surface area contributed by atoms with Gasteiger partial charge in [0.15, 0.2) is 5.78 Å². The molecule has 286 valence electrons. The molecule has 3 aromatic rings. The number of carbonyl (C=O) groups is 1. The van der Waals surface area contributed by atoms with Crippen LogP contribution >= 0.6 is 31.9 Å². The number of aromatic nitrogens is 2. The van der Waals surface area contributed by atoms with Crippen LogP contribution < -0.4 is 10.8 Å². The minimum Gasteiger partial charge on any atom is -0.350 e. The van der Waals surface area contributed by atoms with Gasteiger partial charge in [0.2, 0.25) is 0 Å². The molecule has 0 fully saturated rings. The fourth-order valence-electron chi connectivity index (χ4n) is 8.27. The number of aromatic amines is 1. The summed E-state index contributed by atoms with van der Waals surface area (Å²) in [6.07, 6.45) is 28.6. The summed E-state index contributed by atoms with van der Waals surface area (Å²) in [4.78, 5) is 32.9. The fraction of sp³-hybridized carbons (Fsp3) is 0.689. The van der Waals surface area contributed by atoms with E-state index in [9.17, 15) is 4.79 Å². The minimum atomic E-state index is -0.0673. The Hall–Kier alpha value is -1.66. The number of halogens is 2. The second-order valence-corrected chi connectivity index (χ2v) is 16.9. The van der Waals surface area contributed by atoms with E-state index in [0.29, 0.717) is 10.8 Å². The molecule has 0 saturated heterocycles. The van der Waals surface area contributed by atoms with Gasteiger partial charge in [-0.05, 0) is 112 Å². The number of Topliss-reactive ketones (excluding diaryl/α,β-unsaturated/α-hetero) is 1. The number of hydrogen-bond acceptors (Lipinski definition) is 2. The molecule has 3 rings (SSSR count). The molecule has 0 amide bonds. The maximum Gasteiger partial charge on any atom is 0.264 e. The standard InChI is InChI=1S/C45H70Br2N2O2/c1-6-10-14-18-20-24-27-35(26-22-16-12-8-3)42(37-30-32-39(46)48-37)44-41(34(5)50)43(38-31-33-40(47)49(38)45(44)51)36(28-23-17-13-9-4)29-25-21-19-15-11-7-2/h30-33,35-36,48H,6-29H2,1-5H3/b44-42+. The van der Waals surface area contributed by atoms with Crippen molar-refractivity contribution in [2.75, 3.05) is 0 Å². The first kappa shape index (κ1) is 43.7. The summed E-state index contributed by atoms with van der Waals surface area (Å²) in [6.45, 7) is 10.8. The number of unbranched alkanes of at least 4 members (excludes halogenated alkanes) is 16. The number of H-pyrrole nitrogens is 1. The van der Waals surface area contributed by atoms with Crippen molar-refractivity contribution in [3.05, 3.63) is 65.9 Å². The Kier molecular flexibility index (Phi) is 21.1. The zero-order valence-corrected chi connectivity index (χ0v) is 36.1. The first-order chi connectivity index (χ1) is 24.8. The molecule has 0 aliphatic carbocycles. The third-order valence-electron chi connectivity index (χ3n) is 11.0. The van der Waals surface area contributed by atoms with Gasteiger partial charge < -0.3 is 4.98 Å². The molecule has 3 aromatic heterocycles. The van der Waals surface area contributed by atoms with Crippen molar-refractivity contribution in [3.63, 3.8) is 0 Å². The number of nitrogens with one attached hydrogen (secondary N) is 1. The molecule has 0 aliphatic heterocycles. The molecule has 2 unspecified atom stereocenters. The van der Waals surface area contributed by atoms with Gasteiger partial charge in [0.1, 0.15) is 0 Å². The van der Waals surface area contributed by atoms with Gasteiger partial charge in [-0.2, -0.15) is 0 Å². The third kappa shape index (κ3) is 13.3. The molecule has 0 saturated carbocycles. The SMILES string of the molecule is CCCCCCCCC(CCCCCC)/C(c1ccc(Br)[nH]1)=c1/c(C(C)=O)c(C(CCCCCC)CCCCCCCC)c2ccc(Br)n2c1=O. The topological polar surface area (TPSA) is 54.3 Å². The summed E-state index contributed by atoms with van der Waals surface area (Å²) in [6, 6.07) is 8.26. The van der Waals surface area contributed by atoms with Crippen LogP contribution in [0.4, 0.5) is 0 Å². The second-order valence-electron chi connectivity index (χ2n) is 15.2. The van der Waals surface area contributed by atoms with Gasteiger partial charge in [-0.25, -0.2) is 0 Å². The Balaban J connectivity index is 2.33. The Morgan fingerprint density at radius 3 is 1.59 bits per heavy atom. The summed E-state index contributed by atoms with van der Waals surface area (Å²) in [5.41, 5.74) is 4.66. The van der Waals surface area contributed by atoms with Crippen LogP contribution in [0.3, 0.4) is 0 Å². The first-order valence-corrected chi connectivity index (χ1v) is 22.7. The molecule has 0 aromatic carbocycles. The van der Waals surface area contributed by atoms with Crippen LogP contribution in [0, 0.1) is 5.92 Å². The lowest BCUT2D eigenvalue weighted by Gasteiger charge is -2.25. The van der Waals surface area contributed by atoms with E-state index >= 15 is 4.79 Å². The number of rotatable bonds is 28. The first-order valence-electron chi connectivity index (χ1n) is 21.1. The molecular weight excluding hydrogens is 760 g/mol. The molecule has 51 heavy (non-hydrogen) atoms. The normalized spacial score (nSPS) is 13.6. The summed E-state index contributed by atoms with van der Waals surface area (Å²) in [5.74, 6) is 0.435. The molecule has 6 heteroatoms. The van der Waals surface area contributed by atoms with Crippen molar-refractivity contribution in [2.24, 2.45) is 5.92 Å². The number of fused-ring (bicyclic) bond motifs is 1. The summed E-state index contributed by atoms with van der Waals surface area (Å²) in [5, 5.41) is 0.643. The molecule has 0 radical (unpaired) electrons. The molecule has 0 aliphatic rings. The Bertz CT molecular complexity index is 1550. The molecule has 3 heterocycles. The van der Waals surface area contributed by atoms with Crippen molar-refractivity contribution >= 4 is 48.7 Å². The fourth-order valence-corrected chi connectivity index (χ4v) is 9.10. The zero-order chi connectivity index (χ0) is 37.0. The van der Waals surface area contributed by atoms with E-state index in [2.05, 4.69) is 76.7 Å². The highest BCUT2D eigenvalue weighted by Crippen LogP contribution is 2.36. The average Bonchev–Trinajstić information content (AvgIpc) is 3.72. The van der Waals surface area contributed by atoms with Crippen molar-refractivity contribution < 1.29 is 4.79 Å². The Labute approximate surface area is 327 Å². The van der Waals surface area contributed by atoms with Crippen LogP contribution in [0.25, 0.3) is 11.1 Å².